The number of aromatic nitrogens is 3. The molecular weight excluding hydrogens is 362 g/mol. The molecule has 3 N–H and O–H groups in total. The monoisotopic (exact) mass is 376 g/mol. The molecule has 0 aliphatic heterocycles. The molecule has 0 saturated carbocycles. The Morgan fingerprint density at radius 2 is 2.23 bits per heavy atom. The van der Waals surface area contributed by atoms with Crippen LogP contribution in [0.5, 0.6) is 0 Å². The van der Waals surface area contributed by atoms with Crippen LogP contribution >= 0.6 is 11.8 Å². The zero-order chi connectivity index (χ0) is 18.7. The average molecular weight is 376 g/mol. The smallest absolute Gasteiger partial charge is 0.272 e. The van der Waals surface area contributed by atoms with Crippen molar-refractivity contribution in [2.24, 2.45) is 5.90 Å². The van der Waals surface area contributed by atoms with Crippen LogP contribution in [-0.2, 0) is 10.6 Å². The van der Waals surface area contributed by atoms with E-state index in [-0.39, 0.29) is 22.0 Å². The van der Waals surface area contributed by atoms with Gasteiger partial charge in [-0.15, -0.1) is 11.8 Å². The van der Waals surface area contributed by atoms with Crippen molar-refractivity contribution in [2.75, 3.05) is 0 Å². The number of thioether (sulfide) groups is 1. The van der Waals surface area contributed by atoms with Gasteiger partial charge in [0.25, 0.3) is 5.56 Å². The fraction of sp³-hybridized carbons (Fsp3) is 0.0588. The Morgan fingerprint density at radius 3 is 2.96 bits per heavy atom. The highest BCUT2D eigenvalue weighted by Gasteiger charge is 2.12. The van der Waals surface area contributed by atoms with Crippen molar-refractivity contribution in [2.45, 2.75) is 10.6 Å². The van der Waals surface area contributed by atoms with E-state index in [1.54, 1.807) is 6.07 Å². The highest BCUT2D eigenvalue weighted by Crippen LogP contribution is 2.26. The number of nitrogens with two attached hydrogens (primary N) is 1. The first-order valence-corrected chi connectivity index (χ1v) is 8.40. The standard InChI is InChI=1S/C17H14F2N4O2S/c1-2-4-13(25-20)12-8-15-21-10(7-16(24)23(15)22-12)9-26-14-6-3-5-11(18)17(14)19/h2-8,22H,1,9,20H2/b13-4-. The van der Waals surface area contributed by atoms with Gasteiger partial charge in [-0.1, -0.05) is 18.7 Å². The first-order valence-electron chi connectivity index (χ1n) is 7.42. The third-order valence-electron chi connectivity index (χ3n) is 3.46. The Morgan fingerprint density at radius 1 is 1.42 bits per heavy atom. The fourth-order valence-corrected chi connectivity index (χ4v) is 3.14. The lowest BCUT2D eigenvalue weighted by Gasteiger charge is -2.03. The number of hydrogen-bond acceptors (Lipinski definition) is 5. The van der Waals surface area contributed by atoms with Crippen molar-refractivity contribution >= 4 is 23.2 Å². The number of benzene rings is 1. The Bertz CT molecular complexity index is 1060. The summed E-state index contributed by atoms with van der Waals surface area (Å²) in [5.41, 5.74) is 0.858. The molecule has 9 heteroatoms. The predicted octanol–water partition coefficient (Wildman–Crippen LogP) is 3.01. The molecular formula is C17H14F2N4O2S. The summed E-state index contributed by atoms with van der Waals surface area (Å²) in [6, 6.07) is 6.84. The molecule has 0 radical (unpaired) electrons. The molecule has 0 spiro atoms. The van der Waals surface area contributed by atoms with Crippen molar-refractivity contribution in [3.05, 3.63) is 82.4 Å². The van der Waals surface area contributed by atoms with E-state index in [9.17, 15) is 13.6 Å². The van der Waals surface area contributed by atoms with Crippen molar-refractivity contribution in [1.82, 2.24) is 14.6 Å². The molecule has 3 rings (SSSR count). The molecule has 0 unspecified atom stereocenters. The number of fused-ring (bicyclic) bond motifs is 1. The molecule has 0 atom stereocenters. The molecule has 0 saturated heterocycles. The van der Waals surface area contributed by atoms with E-state index in [1.165, 1.54) is 34.9 Å². The minimum atomic E-state index is -0.919. The minimum absolute atomic E-state index is 0.148. The van der Waals surface area contributed by atoms with Crippen LogP contribution in [0.15, 0.2) is 58.8 Å². The fourth-order valence-electron chi connectivity index (χ4n) is 2.29. The Kier molecular flexibility index (Phi) is 5.19. The van der Waals surface area contributed by atoms with Gasteiger partial charge in [0, 0.05) is 22.8 Å². The van der Waals surface area contributed by atoms with Crippen LogP contribution in [0.2, 0.25) is 0 Å². The lowest BCUT2D eigenvalue weighted by Crippen LogP contribution is -2.15. The largest absolute Gasteiger partial charge is 0.409 e. The maximum Gasteiger partial charge on any atom is 0.272 e. The normalized spacial score (nSPS) is 11.7. The number of halogens is 2. The average Bonchev–Trinajstić information content (AvgIpc) is 3.05. The quantitative estimate of drug-likeness (QED) is 0.299. The first kappa shape index (κ1) is 17.9. The molecule has 6 nitrogen and oxygen atoms in total. The van der Waals surface area contributed by atoms with Crippen molar-refractivity contribution in [3.63, 3.8) is 0 Å². The van der Waals surface area contributed by atoms with Gasteiger partial charge in [-0.25, -0.2) is 18.3 Å². The number of rotatable bonds is 6. The van der Waals surface area contributed by atoms with E-state index in [4.69, 9.17) is 10.7 Å². The lowest BCUT2D eigenvalue weighted by atomic mass is 10.3. The van der Waals surface area contributed by atoms with Gasteiger partial charge in [-0.05, 0) is 18.2 Å². The van der Waals surface area contributed by atoms with Gasteiger partial charge in [0.05, 0.1) is 5.69 Å². The lowest BCUT2D eigenvalue weighted by molar-refractivity contribution is 0.289. The number of aromatic amines is 1. The van der Waals surface area contributed by atoms with E-state index in [1.807, 2.05) is 0 Å². The van der Waals surface area contributed by atoms with Gasteiger partial charge in [0.2, 0.25) is 0 Å². The zero-order valence-electron chi connectivity index (χ0n) is 13.4. The van der Waals surface area contributed by atoms with Crippen LogP contribution in [0.1, 0.15) is 11.4 Å². The second-order valence-electron chi connectivity index (χ2n) is 5.17. The molecule has 0 amide bonds. The minimum Gasteiger partial charge on any atom is -0.409 e. The maximum absolute atomic E-state index is 13.7. The Balaban J connectivity index is 1.91. The number of nitrogens with zero attached hydrogens (tertiary/aromatic N) is 2. The molecule has 0 fully saturated rings. The second kappa shape index (κ2) is 7.54. The molecule has 0 aliphatic carbocycles. The number of nitrogens with one attached hydrogen (secondary N) is 1. The maximum atomic E-state index is 13.7. The number of allylic oxidation sites excluding steroid dienone is 2. The molecule has 2 aromatic heterocycles. The molecule has 0 bridgehead atoms. The highest BCUT2D eigenvalue weighted by atomic mass is 32.2. The molecule has 2 heterocycles. The summed E-state index contributed by atoms with van der Waals surface area (Å²) in [5, 5.41) is 2.82. The first-order chi connectivity index (χ1) is 12.5. The van der Waals surface area contributed by atoms with Crippen LogP contribution in [0.3, 0.4) is 0 Å². The summed E-state index contributed by atoms with van der Waals surface area (Å²) in [6.07, 6.45) is 3.01. The van der Waals surface area contributed by atoms with Crippen LogP contribution in [0.4, 0.5) is 8.78 Å². The van der Waals surface area contributed by atoms with Crippen LogP contribution < -0.4 is 11.5 Å². The van der Waals surface area contributed by atoms with Crippen LogP contribution in [0.25, 0.3) is 11.4 Å². The summed E-state index contributed by atoms with van der Waals surface area (Å²) in [5.74, 6) is 3.85. The van der Waals surface area contributed by atoms with Gasteiger partial charge in [-0.2, -0.15) is 5.90 Å². The van der Waals surface area contributed by atoms with Gasteiger partial charge >= 0.3 is 0 Å². The molecule has 3 aromatic rings. The van der Waals surface area contributed by atoms with Gasteiger partial charge in [0.15, 0.2) is 23.0 Å². The number of hydrogen-bond donors (Lipinski definition) is 2. The van der Waals surface area contributed by atoms with E-state index < -0.39 is 11.6 Å². The van der Waals surface area contributed by atoms with Crippen molar-refractivity contribution < 1.29 is 13.6 Å². The second-order valence-corrected chi connectivity index (χ2v) is 6.19. The van der Waals surface area contributed by atoms with E-state index in [2.05, 4.69) is 16.7 Å². The van der Waals surface area contributed by atoms with Crippen molar-refractivity contribution in [3.8, 4) is 0 Å². The van der Waals surface area contributed by atoms with Crippen LogP contribution in [-0.4, -0.2) is 14.6 Å². The summed E-state index contributed by atoms with van der Waals surface area (Å²) in [4.78, 5) is 21.5. The molecule has 26 heavy (non-hydrogen) atoms. The summed E-state index contributed by atoms with van der Waals surface area (Å²) in [6.45, 7) is 3.56. The Hall–Kier alpha value is -2.91. The van der Waals surface area contributed by atoms with E-state index in [0.29, 0.717) is 17.0 Å². The van der Waals surface area contributed by atoms with Crippen molar-refractivity contribution in [1.29, 1.82) is 0 Å². The van der Waals surface area contributed by atoms with Gasteiger partial charge in [0.1, 0.15) is 5.69 Å². The SMILES string of the molecule is C=C/C=C(\ON)c1cc2nc(CSc3cccc(F)c3F)cc(=O)n2[nH]1. The van der Waals surface area contributed by atoms with E-state index >= 15 is 0 Å². The summed E-state index contributed by atoms with van der Waals surface area (Å²) in [7, 11) is 0. The van der Waals surface area contributed by atoms with Gasteiger partial charge < -0.3 is 4.84 Å². The third-order valence-corrected chi connectivity index (χ3v) is 4.52. The van der Waals surface area contributed by atoms with E-state index in [0.717, 1.165) is 17.8 Å². The van der Waals surface area contributed by atoms with Gasteiger partial charge in [-0.3, -0.25) is 9.89 Å². The molecule has 0 aliphatic rings. The zero-order valence-corrected chi connectivity index (χ0v) is 14.2. The highest BCUT2D eigenvalue weighted by molar-refractivity contribution is 7.98. The predicted molar refractivity (Wildman–Crippen MR) is 95.2 cm³/mol. The molecule has 1 aromatic carbocycles. The third kappa shape index (κ3) is 3.53. The molecule has 134 valence electrons. The topological polar surface area (TPSA) is 85.4 Å². The summed E-state index contributed by atoms with van der Waals surface area (Å²) < 4.78 is 28.2. The summed E-state index contributed by atoms with van der Waals surface area (Å²) >= 11 is 1.05. The van der Waals surface area contributed by atoms with Crippen LogP contribution in [0, 0.1) is 11.6 Å². The Labute approximate surface area is 150 Å². The number of H-pyrrole nitrogens is 1.